The molecule has 0 aliphatic heterocycles. The van der Waals surface area contributed by atoms with Crippen LogP contribution in [-0.2, 0) is 10.0 Å². The average molecular weight is 328 g/mol. The number of nitrogens with two attached hydrogens (primary N) is 1. The molecule has 1 heterocycles. The minimum Gasteiger partial charge on any atom is -0.321 e. The zero-order valence-electron chi connectivity index (χ0n) is 11.3. The number of primary sulfonamides is 1. The van der Waals surface area contributed by atoms with Crippen molar-refractivity contribution in [2.24, 2.45) is 5.14 Å². The van der Waals surface area contributed by atoms with Crippen molar-refractivity contribution in [2.75, 3.05) is 5.32 Å². The van der Waals surface area contributed by atoms with Gasteiger partial charge in [0.1, 0.15) is 10.0 Å². The van der Waals surface area contributed by atoms with E-state index in [1.165, 1.54) is 12.1 Å². The summed E-state index contributed by atoms with van der Waals surface area (Å²) in [5, 5.41) is 7.56. The number of carbonyl (C=O) groups is 1. The standard InChI is InChI=1S/C13H13FN2O3S2/c1-7-3-4-9(6-10(7)14)16-13(17)12-8(2)5-11(20-12)21(15,18)19/h3-6H,1-2H3,(H,16,17)(H2,15,18,19). The van der Waals surface area contributed by atoms with Gasteiger partial charge in [-0.15, -0.1) is 11.3 Å². The Bertz CT molecular complexity index is 813. The molecule has 0 aliphatic rings. The highest BCUT2D eigenvalue weighted by Gasteiger charge is 2.19. The molecule has 0 bridgehead atoms. The van der Waals surface area contributed by atoms with Gasteiger partial charge in [0.25, 0.3) is 5.91 Å². The van der Waals surface area contributed by atoms with Crippen LogP contribution in [0.25, 0.3) is 0 Å². The second kappa shape index (κ2) is 5.55. The van der Waals surface area contributed by atoms with Crippen LogP contribution in [0.15, 0.2) is 28.5 Å². The van der Waals surface area contributed by atoms with Crippen LogP contribution in [0.2, 0.25) is 0 Å². The van der Waals surface area contributed by atoms with Crippen molar-refractivity contribution in [3.63, 3.8) is 0 Å². The Morgan fingerprint density at radius 3 is 2.43 bits per heavy atom. The summed E-state index contributed by atoms with van der Waals surface area (Å²) in [5.41, 5.74) is 1.26. The highest BCUT2D eigenvalue weighted by molar-refractivity contribution is 7.91. The first-order valence-corrected chi connectivity index (χ1v) is 8.25. The molecule has 0 unspecified atom stereocenters. The normalized spacial score (nSPS) is 11.4. The van der Waals surface area contributed by atoms with E-state index in [9.17, 15) is 17.6 Å². The van der Waals surface area contributed by atoms with Gasteiger partial charge in [0.15, 0.2) is 0 Å². The number of anilines is 1. The van der Waals surface area contributed by atoms with Gasteiger partial charge in [-0.3, -0.25) is 4.79 Å². The highest BCUT2D eigenvalue weighted by Crippen LogP contribution is 2.26. The zero-order valence-corrected chi connectivity index (χ0v) is 12.9. The fraction of sp³-hybridized carbons (Fsp3) is 0.154. The number of sulfonamides is 1. The number of hydrogen-bond acceptors (Lipinski definition) is 4. The first-order chi connectivity index (χ1) is 9.68. The topological polar surface area (TPSA) is 89.3 Å². The molecule has 0 atom stereocenters. The lowest BCUT2D eigenvalue weighted by Crippen LogP contribution is -2.12. The molecular weight excluding hydrogens is 315 g/mol. The number of hydrogen-bond donors (Lipinski definition) is 2. The van der Waals surface area contributed by atoms with Crippen molar-refractivity contribution >= 4 is 33.0 Å². The summed E-state index contributed by atoms with van der Waals surface area (Å²) in [7, 11) is -3.84. The van der Waals surface area contributed by atoms with Crippen LogP contribution in [0.5, 0.6) is 0 Å². The maximum absolute atomic E-state index is 13.4. The summed E-state index contributed by atoms with van der Waals surface area (Å²) >= 11 is 0.782. The number of aryl methyl sites for hydroxylation is 2. The minimum atomic E-state index is -3.84. The number of carbonyl (C=O) groups excluding carboxylic acids is 1. The SMILES string of the molecule is Cc1ccc(NC(=O)c2sc(S(N)(=O)=O)cc2C)cc1F. The van der Waals surface area contributed by atoms with Crippen molar-refractivity contribution in [2.45, 2.75) is 18.1 Å². The Hall–Kier alpha value is -1.77. The summed E-state index contributed by atoms with van der Waals surface area (Å²) in [5.74, 6) is -0.934. The summed E-state index contributed by atoms with van der Waals surface area (Å²) in [6, 6.07) is 5.66. The van der Waals surface area contributed by atoms with Crippen molar-refractivity contribution in [3.8, 4) is 0 Å². The smallest absolute Gasteiger partial charge is 0.266 e. The number of thiophene rings is 1. The van der Waals surface area contributed by atoms with E-state index < -0.39 is 21.7 Å². The van der Waals surface area contributed by atoms with Gasteiger partial charge in [-0.25, -0.2) is 17.9 Å². The van der Waals surface area contributed by atoms with Gasteiger partial charge >= 0.3 is 0 Å². The molecule has 0 radical (unpaired) electrons. The predicted molar refractivity (Wildman–Crippen MR) is 79.5 cm³/mol. The van der Waals surface area contributed by atoms with E-state index in [-0.39, 0.29) is 9.09 Å². The van der Waals surface area contributed by atoms with Gasteiger partial charge in [0.2, 0.25) is 10.0 Å². The van der Waals surface area contributed by atoms with E-state index in [4.69, 9.17) is 5.14 Å². The Balaban J connectivity index is 2.28. The molecule has 2 aromatic rings. The van der Waals surface area contributed by atoms with E-state index in [2.05, 4.69) is 5.32 Å². The first kappa shape index (κ1) is 15.6. The first-order valence-electron chi connectivity index (χ1n) is 5.89. The number of benzene rings is 1. The fourth-order valence-corrected chi connectivity index (χ4v) is 3.53. The molecule has 0 aliphatic carbocycles. The lowest BCUT2D eigenvalue weighted by atomic mass is 10.2. The van der Waals surface area contributed by atoms with Gasteiger partial charge in [-0.2, -0.15) is 0 Å². The van der Waals surface area contributed by atoms with Crippen molar-refractivity contribution in [1.29, 1.82) is 0 Å². The van der Waals surface area contributed by atoms with Crippen molar-refractivity contribution in [3.05, 3.63) is 46.1 Å². The average Bonchev–Trinajstić information content (AvgIpc) is 2.76. The number of rotatable bonds is 3. The molecular formula is C13H13FN2O3S2. The lowest BCUT2D eigenvalue weighted by Gasteiger charge is -2.05. The van der Waals surface area contributed by atoms with Crippen LogP contribution in [-0.4, -0.2) is 14.3 Å². The molecule has 2 rings (SSSR count). The van der Waals surface area contributed by atoms with E-state index in [0.717, 1.165) is 11.3 Å². The Kier molecular flexibility index (Phi) is 4.13. The molecule has 8 heteroatoms. The van der Waals surface area contributed by atoms with Crippen LogP contribution < -0.4 is 10.5 Å². The molecule has 1 aromatic carbocycles. The quantitative estimate of drug-likeness (QED) is 0.906. The summed E-state index contributed by atoms with van der Waals surface area (Å²) in [6.07, 6.45) is 0. The third-order valence-electron chi connectivity index (χ3n) is 2.81. The third kappa shape index (κ3) is 3.46. The van der Waals surface area contributed by atoms with Gasteiger partial charge in [0, 0.05) is 5.69 Å². The second-order valence-corrected chi connectivity index (χ2v) is 7.38. The summed E-state index contributed by atoms with van der Waals surface area (Å²) in [4.78, 5) is 12.3. The molecule has 1 amide bonds. The third-order valence-corrected chi connectivity index (χ3v) is 5.47. The minimum absolute atomic E-state index is 0.0831. The van der Waals surface area contributed by atoms with Gasteiger partial charge in [-0.1, -0.05) is 6.07 Å². The Labute approximate surface area is 125 Å². The van der Waals surface area contributed by atoms with E-state index in [0.29, 0.717) is 16.8 Å². The van der Waals surface area contributed by atoms with Crippen molar-refractivity contribution in [1.82, 2.24) is 0 Å². The monoisotopic (exact) mass is 328 g/mol. The maximum atomic E-state index is 13.4. The molecule has 1 aromatic heterocycles. The number of amides is 1. The molecule has 0 saturated heterocycles. The van der Waals surface area contributed by atoms with Crippen LogP contribution in [0.4, 0.5) is 10.1 Å². The summed E-state index contributed by atoms with van der Waals surface area (Å²) in [6.45, 7) is 3.22. The maximum Gasteiger partial charge on any atom is 0.266 e. The highest BCUT2D eigenvalue weighted by atomic mass is 32.2. The van der Waals surface area contributed by atoms with Crippen LogP contribution in [0.1, 0.15) is 20.8 Å². The lowest BCUT2D eigenvalue weighted by molar-refractivity contribution is 0.103. The second-order valence-electron chi connectivity index (χ2n) is 4.54. The fourth-order valence-electron chi connectivity index (χ4n) is 1.68. The number of nitrogens with one attached hydrogen (secondary N) is 1. The number of halogens is 1. The zero-order chi connectivity index (χ0) is 15.8. The molecule has 112 valence electrons. The predicted octanol–water partition coefficient (Wildman–Crippen LogP) is 2.40. The molecule has 5 nitrogen and oxygen atoms in total. The van der Waals surface area contributed by atoms with Crippen molar-refractivity contribution < 1.29 is 17.6 Å². The van der Waals surface area contributed by atoms with Crippen LogP contribution >= 0.6 is 11.3 Å². The van der Waals surface area contributed by atoms with Gasteiger partial charge < -0.3 is 5.32 Å². The molecule has 0 saturated carbocycles. The van der Waals surface area contributed by atoms with Gasteiger partial charge in [-0.05, 0) is 43.2 Å². The molecule has 21 heavy (non-hydrogen) atoms. The van der Waals surface area contributed by atoms with E-state index >= 15 is 0 Å². The Morgan fingerprint density at radius 1 is 1.24 bits per heavy atom. The molecule has 0 spiro atoms. The van der Waals surface area contributed by atoms with Crippen LogP contribution in [0.3, 0.4) is 0 Å². The summed E-state index contributed by atoms with van der Waals surface area (Å²) < 4.78 is 35.9. The van der Waals surface area contributed by atoms with E-state index in [1.54, 1.807) is 26.0 Å². The molecule has 0 fully saturated rings. The largest absolute Gasteiger partial charge is 0.321 e. The van der Waals surface area contributed by atoms with Gasteiger partial charge in [0.05, 0.1) is 4.88 Å². The molecule has 3 N–H and O–H groups in total. The Morgan fingerprint density at radius 2 is 1.90 bits per heavy atom. The van der Waals surface area contributed by atoms with Crippen LogP contribution in [0, 0.1) is 19.7 Å². The van der Waals surface area contributed by atoms with E-state index in [1.807, 2.05) is 0 Å².